The number of alkyl halides is 3. The number of rotatable bonds is 1. The molecular formula is C17H11F3O2. The summed E-state index contributed by atoms with van der Waals surface area (Å²) in [6, 6.07) is 11.8. The van der Waals surface area contributed by atoms with Crippen LogP contribution < -0.4 is 4.74 Å². The summed E-state index contributed by atoms with van der Waals surface area (Å²) in [5.74, 6) is 0.146. The van der Waals surface area contributed by atoms with E-state index in [2.05, 4.69) is 0 Å². The molecule has 0 radical (unpaired) electrons. The number of para-hydroxylation sites is 1. The van der Waals surface area contributed by atoms with Crippen molar-refractivity contribution in [3.63, 3.8) is 0 Å². The molecule has 0 N–H and O–H groups in total. The van der Waals surface area contributed by atoms with Gasteiger partial charge in [-0.3, -0.25) is 4.79 Å². The van der Waals surface area contributed by atoms with Crippen LogP contribution in [0.5, 0.6) is 5.75 Å². The molecule has 22 heavy (non-hydrogen) atoms. The minimum Gasteiger partial charge on any atom is -0.488 e. The molecule has 2 aromatic rings. The number of carbonyl (C=O) groups is 1. The van der Waals surface area contributed by atoms with Crippen molar-refractivity contribution in [2.75, 3.05) is 6.61 Å². The van der Waals surface area contributed by atoms with Crippen LogP contribution in [0, 0.1) is 0 Å². The van der Waals surface area contributed by atoms with E-state index in [1.165, 1.54) is 24.3 Å². The molecule has 0 aliphatic carbocycles. The molecule has 2 aromatic carbocycles. The topological polar surface area (TPSA) is 26.3 Å². The van der Waals surface area contributed by atoms with Crippen LogP contribution in [0.4, 0.5) is 13.2 Å². The van der Waals surface area contributed by atoms with E-state index in [1.807, 2.05) is 0 Å². The molecule has 0 spiro atoms. The SMILES string of the molecule is O=C1C(=Cc2ccccc2C(F)(F)F)COc2ccccc21. The van der Waals surface area contributed by atoms with Gasteiger partial charge < -0.3 is 4.74 Å². The Morgan fingerprint density at radius 3 is 2.45 bits per heavy atom. The molecule has 1 heterocycles. The maximum absolute atomic E-state index is 13.0. The normalized spacial score (nSPS) is 16.3. The zero-order valence-corrected chi connectivity index (χ0v) is 11.4. The van der Waals surface area contributed by atoms with Crippen molar-refractivity contribution in [1.29, 1.82) is 0 Å². The Hall–Kier alpha value is -2.56. The standard InChI is InChI=1S/C17H11F3O2/c18-17(19,20)14-7-3-1-5-11(14)9-12-10-22-15-8-4-2-6-13(15)16(12)21/h1-9H,10H2. The molecular weight excluding hydrogens is 293 g/mol. The van der Waals surface area contributed by atoms with Crippen LogP contribution in [0.3, 0.4) is 0 Å². The summed E-state index contributed by atoms with van der Waals surface area (Å²) in [7, 11) is 0. The van der Waals surface area contributed by atoms with E-state index in [4.69, 9.17) is 4.74 Å². The van der Waals surface area contributed by atoms with E-state index in [9.17, 15) is 18.0 Å². The monoisotopic (exact) mass is 304 g/mol. The Morgan fingerprint density at radius 1 is 1.00 bits per heavy atom. The van der Waals surface area contributed by atoms with Gasteiger partial charge in [0.15, 0.2) is 5.78 Å². The fourth-order valence-corrected chi connectivity index (χ4v) is 2.35. The lowest BCUT2D eigenvalue weighted by molar-refractivity contribution is -0.137. The summed E-state index contributed by atoms with van der Waals surface area (Å²) in [6.45, 7) is -0.0396. The molecule has 0 amide bonds. The summed E-state index contributed by atoms with van der Waals surface area (Å²) in [6.07, 6.45) is -3.22. The highest BCUT2D eigenvalue weighted by atomic mass is 19.4. The lowest BCUT2D eigenvalue weighted by Crippen LogP contribution is -2.19. The summed E-state index contributed by atoms with van der Waals surface area (Å²) in [5.41, 5.74) is -0.240. The first-order valence-electron chi connectivity index (χ1n) is 6.60. The Kier molecular flexibility index (Phi) is 3.48. The molecule has 0 saturated heterocycles. The van der Waals surface area contributed by atoms with Gasteiger partial charge in [-0.2, -0.15) is 13.2 Å². The number of ketones is 1. The highest BCUT2D eigenvalue weighted by molar-refractivity contribution is 6.14. The average molecular weight is 304 g/mol. The fraction of sp³-hybridized carbons (Fsp3) is 0.118. The zero-order chi connectivity index (χ0) is 15.7. The van der Waals surface area contributed by atoms with Crippen molar-refractivity contribution in [1.82, 2.24) is 0 Å². The Morgan fingerprint density at radius 2 is 1.68 bits per heavy atom. The van der Waals surface area contributed by atoms with Gasteiger partial charge in [0.2, 0.25) is 0 Å². The van der Waals surface area contributed by atoms with Gasteiger partial charge in [0.1, 0.15) is 12.4 Å². The summed E-state index contributed by atoms with van der Waals surface area (Å²) >= 11 is 0. The number of hydrogen-bond acceptors (Lipinski definition) is 2. The van der Waals surface area contributed by atoms with E-state index >= 15 is 0 Å². The maximum Gasteiger partial charge on any atom is 0.416 e. The molecule has 0 unspecified atom stereocenters. The van der Waals surface area contributed by atoms with Crippen molar-refractivity contribution >= 4 is 11.9 Å². The number of benzene rings is 2. The molecule has 0 saturated carbocycles. The quantitative estimate of drug-likeness (QED) is 0.732. The smallest absolute Gasteiger partial charge is 0.416 e. The van der Waals surface area contributed by atoms with Crippen molar-refractivity contribution in [3.05, 3.63) is 70.8 Å². The summed E-state index contributed by atoms with van der Waals surface area (Å²) in [4.78, 5) is 12.4. The van der Waals surface area contributed by atoms with Gasteiger partial charge in [0.05, 0.1) is 11.1 Å². The van der Waals surface area contributed by atoms with Crippen molar-refractivity contribution in [2.24, 2.45) is 0 Å². The molecule has 0 bridgehead atoms. The summed E-state index contributed by atoms with van der Waals surface area (Å²) in [5, 5.41) is 0. The first kappa shape index (κ1) is 14.4. The van der Waals surface area contributed by atoms with E-state index in [-0.39, 0.29) is 23.5 Å². The third-order valence-corrected chi connectivity index (χ3v) is 3.40. The Labute approximate surface area is 124 Å². The first-order valence-corrected chi connectivity index (χ1v) is 6.60. The first-order chi connectivity index (χ1) is 10.5. The molecule has 3 rings (SSSR count). The van der Waals surface area contributed by atoms with Crippen molar-refractivity contribution in [2.45, 2.75) is 6.18 Å². The second kappa shape index (κ2) is 5.33. The molecule has 1 aliphatic rings. The highest BCUT2D eigenvalue weighted by Gasteiger charge is 2.33. The Bertz CT molecular complexity index is 760. The predicted molar refractivity (Wildman–Crippen MR) is 75.7 cm³/mol. The summed E-state index contributed by atoms with van der Waals surface area (Å²) < 4.78 is 44.4. The van der Waals surface area contributed by atoms with Crippen LogP contribution in [0.1, 0.15) is 21.5 Å². The number of carbonyl (C=O) groups excluding carboxylic acids is 1. The number of halogens is 3. The minimum absolute atomic E-state index is 0.0396. The molecule has 112 valence electrons. The Balaban J connectivity index is 2.03. The molecule has 1 aliphatic heterocycles. The van der Waals surface area contributed by atoms with Gasteiger partial charge in [-0.25, -0.2) is 0 Å². The van der Waals surface area contributed by atoms with E-state index < -0.39 is 11.7 Å². The lowest BCUT2D eigenvalue weighted by Gasteiger charge is -2.19. The molecule has 5 heteroatoms. The molecule has 0 fully saturated rings. The van der Waals surface area contributed by atoms with Gasteiger partial charge >= 0.3 is 6.18 Å². The second-order valence-electron chi connectivity index (χ2n) is 4.87. The van der Waals surface area contributed by atoms with Crippen molar-refractivity contribution in [3.8, 4) is 5.75 Å². The van der Waals surface area contributed by atoms with E-state index in [0.717, 1.165) is 6.07 Å². The largest absolute Gasteiger partial charge is 0.488 e. The molecule has 0 aromatic heterocycles. The van der Waals surface area contributed by atoms with Crippen LogP contribution in [-0.4, -0.2) is 12.4 Å². The average Bonchev–Trinajstić information content (AvgIpc) is 2.50. The molecule has 2 nitrogen and oxygen atoms in total. The van der Waals surface area contributed by atoms with Gasteiger partial charge in [-0.05, 0) is 29.8 Å². The zero-order valence-electron chi connectivity index (χ0n) is 11.4. The lowest BCUT2D eigenvalue weighted by atomic mass is 9.97. The van der Waals surface area contributed by atoms with E-state index in [0.29, 0.717) is 11.3 Å². The van der Waals surface area contributed by atoms with Gasteiger partial charge in [-0.15, -0.1) is 0 Å². The third kappa shape index (κ3) is 2.62. The van der Waals surface area contributed by atoms with Crippen LogP contribution in [-0.2, 0) is 6.18 Å². The third-order valence-electron chi connectivity index (χ3n) is 3.40. The molecule has 0 atom stereocenters. The van der Waals surface area contributed by atoms with Crippen LogP contribution in [0.15, 0.2) is 54.1 Å². The second-order valence-corrected chi connectivity index (χ2v) is 4.87. The van der Waals surface area contributed by atoms with Crippen LogP contribution in [0.2, 0.25) is 0 Å². The van der Waals surface area contributed by atoms with Gasteiger partial charge in [0, 0.05) is 5.57 Å². The van der Waals surface area contributed by atoms with E-state index in [1.54, 1.807) is 24.3 Å². The minimum atomic E-state index is -4.47. The number of fused-ring (bicyclic) bond motifs is 1. The number of ether oxygens (including phenoxy) is 1. The van der Waals surface area contributed by atoms with Crippen molar-refractivity contribution < 1.29 is 22.7 Å². The van der Waals surface area contributed by atoms with Crippen LogP contribution in [0.25, 0.3) is 6.08 Å². The van der Waals surface area contributed by atoms with Gasteiger partial charge in [0.25, 0.3) is 0 Å². The highest BCUT2D eigenvalue weighted by Crippen LogP contribution is 2.34. The fourth-order valence-electron chi connectivity index (χ4n) is 2.35. The number of hydrogen-bond donors (Lipinski definition) is 0. The number of Topliss-reactive ketones (excluding diaryl/α,β-unsaturated/α-hetero) is 1. The van der Waals surface area contributed by atoms with Crippen LogP contribution >= 0.6 is 0 Å². The maximum atomic E-state index is 13.0. The van der Waals surface area contributed by atoms with Gasteiger partial charge in [-0.1, -0.05) is 30.3 Å². The predicted octanol–water partition coefficient (Wildman–Crippen LogP) is 4.36.